The molecule has 88 valence electrons. The summed E-state index contributed by atoms with van der Waals surface area (Å²) in [5, 5.41) is 0. The lowest BCUT2D eigenvalue weighted by Gasteiger charge is -2.06. The minimum Gasteiger partial charge on any atom is -0.465 e. The number of ether oxygens (including phenoxy) is 1. The molecule has 0 aliphatic heterocycles. The molecular formula is C8H6I2O5S. The van der Waals surface area contributed by atoms with Gasteiger partial charge in [0.1, 0.15) is 4.90 Å². The van der Waals surface area contributed by atoms with Crippen LogP contribution < -0.4 is 0 Å². The maximum atomic E-state index is 11.2. The van der Waals surface area contributed by atoms with Gasteiger partial charge in [-0.25, -0.2) is 4.79 Å². The molecular weight excluding hydrogens is 462 g/mol. The molecule has 5 nitrogen and oxygen atoms in total. The van der Waals surface area contributed by atoms with Gasteiger partial charge in [0, 0.05) is 7.14 Å². The average Bonchev–Trinajstić information content (AvgIpc) is 2.13. The Kier molecular flexibility index (Phi) is 4.54. The van der Waals surface area contributed by atoms with Gasteiger partial charge in [-0.15, -0.1) is 0 Å². The van der Waals surface area contributed by atoms with Crippen LogP contribution in [0.5, 0.6) is 0 Å². The van der Waals surface area contributed by atoms with Crippen molar-refractivity contribution < 1.29 is 22.5 Å². The summed E-state index contributed by atoms with van der Waals surface area (Å²) < 4.78 is 36.1. The van der Waals surface area contributed by atoms with E-state index in [1.54, 1.807) is 45.2 Å². The zero-order valence-corrected chi connectivity index (χ0v) is 13.0. The monoisotopic (exact) mass is 468 g/mol. The van der Waals surface area contributed by atoms with E-state index in [0.717, 1.165) is 0 Å². The van der Waals surface area contributed by atoms with Gasteiger partial charge in [0.25, 0.3) is 10.1 Å². The van der Waals surface area contributed by atoms with E-state index in [1.807, 2.05) is 0 Å². The largest absolute Gasteiger partial charge is 0.465 e. The summed E-state index contributed by atoms with van der Waals surface area (Å²) in [4.78, 5) is 11.0. The Morgan fingerprint density at radius 2 is 1.75 bits per heavy atom. The molecule has 0 fully saturated rings. The summed E-state index contributed by atoms with van der Waals surface area (Å²) in [5.74, 6) is -0.558. The Morgan fingerprint density at radius 3 is 2.06 bits per heavy atom. The molecule has 0 radical (unpaired) electrons. The van der Waals surface area contributed by atoms with Crippen LogP contribution in [-0.4, -0.2) is 26.0 Å². The van der Waals surface area contributed by atoms with Crippen LogP contribution in [0.2, 0.25) is 0 Å². The Bertz CT molecular complexity index is 514. The maximum Gasteiger partial charge on any atom is 0.337 e. The van der Waals surface area contributed by atoms with E-state index in [2.05, 4.69) is 4.74 Å². The van der Waals surface area contributed by atoms with Crippen LogP contribution >= 0.6 is 45.2 Å². The summed E-state index contributed by atoms with van der Waals surface area (Å²) in [6.45, 7) is 0. The van der Waals surface area contributed by atoms with Gasteiger partial charge in [0.15, 0.2) is 0 Å². The van der Waals surface area contributed by atoms with Gasteiger partial charge in [0.05, 0.1) is 12.7 Å². The number of carbonyl (C=O) groups is 1. The lowest BCUT2D eigenvalue weighted by atomic mass is 10.2. The van der Waals surface area contributed by atoms with E-state index in [0.29, 0.717) is 0 Å². The standard InChI is InChI=1S/C8H6I2O5S/c1-15-8(11)4-2-5(9)7(6(10)3-4)16(12,13)14/h2-3H,1H3,(H,12,13,14). The molecule has 1 rings (SSSR count). The fraction of sp³-hybridized carbons (Fsp3) is 0.125. The summed E-state index contributed by atoms with van der Waals surface area (Å²) >= 11 is 3.47. The van der Waals surface area contributed by atoms with Crippen molar-refractivity contribution in [3.05, 3.63) is 24.8 Å². The first-order chi connectivity index (χ1) is 7.27. The molecule has 0 unspecified atom stereocenters. The van der Waals surface area contributed by atoms with Crippen molar-refractivity contribution >= 4 is 61.3 Å². The highest BCUT2D eigenvalue weighted by Crippen LogP contribution is 2.26. The number of hydrogen-bond acceptors (Lipinski definition) is 4. The van der Waals surface area contributed by atoms with Crippen molar-refractivity contribution in [1.29, 1.82) is 0 Å². The van der Waals surface area contributed by atoms with Gasteiger partial charge in [0.2, 0.25) is 0 Å². The molecule has 0 saturated heterocycles. The summed E-state index contributed by atoms with van der Waals surface area (Å²) in [5.41, 5.74) is 0.240. The Balaban J connectivity index is 3.46. The SMILES string of the molecule is COC(=O)c1cc(I)c(S(=O)(=O)O)c(I)c1. The summed E-state index contributed by atoms with van der Waals surface area (Å²) in [6, 6.07) is 2.69. The number of hydrogen-bond donors (Lipinski definition) is 1. The van der Waals surface area contributed by atoms with Crippen LogP contribution in [-0.2, 0) is 14.9 Å². The van der Waals surface area contributed by atoms with Crippen LogP contribution in [0.3, 0.4) is 0 Å². The predicted molar refractivity (Wildman–Crippen MR) is 73.0 cm³/mol. The molecule has 0 atom stereocenters. The average molecular weight is 468 g/mol. The number of methoxy groups -OCH3 is 1. The third-order valence-electron chi connectivity index (χ3n) is 1.68. The molecule has 8 heteroatoms. The summed E-state index contributed by atoms with van der Waals surface area (Å²) in [6.07, 6.45) is 0. The highest BCUT2D eigenvalue weighted by Gasteiger charge is 2.21. The molecule has 0 saturated carbocycles. The molecule has 0 amide bonds. The first-order valence-corrected chi connectivity index (χ1v) is 7.42. The molecule has 1 aromatic carbocycles. The van der Waals surface area contributed by atoms with Crippen molar-refractivity contribution in [2.24, 2.45) is 0 Å². The molecule has 0 aliphatic rings. The predicted octanol–water partition coefficient (Wildman–Crippen LogP) is 1.93. The molecule has 0 heterocycles. The topological polar surface area (TPSA) is 80.7 Å². The van der Waals surface area contributed by atoms with Crippen molar-refractivity contribution in [2.45, 2.75) is 4.90 Å². The molecule has 1 aromatic rings. The van der Waals surface area contributed by atoms with E-state index in [4.69, 9.17) is 4.55 Å². The molecule has 1 N–H and O–H groups in total. The Labute approximate surface area is 120 Å². The van der Waals surface area contributed by atoms with Crippen LogP contribution in [0, 0.1) is 7.14 Å². The Morgan fingerprint density at radius 1 is 1.31 bits per heavy atom. The second-order valence-corrected chi connectivity index (χ2v) is 6.42. The van der Waals surface area contributed by atoms with Crippen molar-refractivity contribution in [1.82, 2.24) is 0 Å². The number of carbonyl (C=O) groups excluding carboxylic acids is 1. The third kappa shape index (κ3) is 3.05. The molecule has 0 aromatic heterocycles. The minimum absolute atomic E-state index is 0.193. The second-order valence-electron chi connectivity index (χ2n) is 2.74. The first-order valence-electron chi connectivity index (χ1n) is 3.82. The van der Waals surface area contributed by atoms with E-state index >= 15 is 0 Å². The van der Waals surface area contributed by atoms with Gasteiger partial charge >= 0.3 is 5.97 Å². The zero-order valence-electron chi connectivity index (χ0n) is 7.90. The van der Waals surface area contributed by atoms with E-state index in [-0.39, 0.29) is 17.6 Å². The number of rotatable bonds is 2. The highest BCUT2D eigenvalue weighted by atomic mass is 127. The normalized spacial score (nSPS) is 11.2. The smallest absolute Gasteiger partial charge is 0.337 e. The van der Waals surface area contributed by atoms with Gasteiger partial charge in [-0.2, -0.15) is 8.42 Å². The lowest BCUT2D eigenvalue weighted by Crippen LogP contribution is -2.08. The molecule has 16 heavy (non-hydrogen) atoms. The first kappa shape index (κ1) is 14.1. The zero-order chi connectivity index (χ0) is 12.5. The minimum atomic E-state index is -4.28. The lowest BCUT2D eigenvalue weighted by molar-refractivity contribution is 0.0600. The van der Waals surface area contributed by atoms with Crippen LogP contribution in [0.4, 0.5) is 0 Å². The fourth-order valence-corrected chi connectivity index (χ4v) is 5.09. The van der Waals surface area contributed by atoms with Crippen LogP contribution in [0.1, 0.15) is 10.4 Å². The molecule has 0 bridgehead atoms. The van der Waals surface area contributed by atoms with Crippen LogP contribution in [0.25, 0.3) is 0 Å². The quantitative estimate of drug-likeness (QED) is 0.408. The van der Waals surface area contributed by atoms with Gasteiger partial charge < -0.3 is 4.74 Å². The van der Waals surface area contributed by atoms with Gasteiger partial charge in [-0.05, 0) is 57.3 Å². The van der Waals surface area contributed by atoms with E-state index < -0.39 is 16.1 Å². The van der Waals surface area contributed by atoms with E-state index in [9.17, 15) is 13.2 Å². The van der Waals surface area contributed by atoms with Crippen molar-refractivity contribution in [3.8, 4) is 0 Å². The maximum absolute atomic E-state index is 11.2. The third-order valence-corrected chi connectivity index (χ3v) is 5.07. The van der Waals surface area contributed by atoms with Crippen molar-refractivity contribution in [3.63, 3.8) is 0 Å². The summed E-state index contributed by atoms with van der Waals surface area (Å²) in [7, 11) is -3.05. The molecule has 0 spiro atoms. The number of esters is 1. The van der Waals surface area contributed by atoms with Gasteiger partial charge in [-0.3, -0.25) is 4.55 Å². The van der Waals surface area contributed by atoms with E-state index in [1.165, 1.54) is 19.2 Å². The Hall–Kier alpha value is 0.0600. The molecule has 0 aliphatic carbocycles. The van der Waals surface area contributed by atoms with Crippen molar-refractivity contribution in [2.75, 3.05) is 7.11 Å². The number of benzene rings is 1. The number of halogens is 2. The van der Waals surface area contributed by atoms with Gasteiger partial charge in [-0.1, -0.05) is 0 Å². The highest BCUT2D eigenvalue weighted by molar-refractivity contribution is 14.1. The van der Waals surface area contributed by atoms with Crippen LogP contribution in [0.15, 0.2) is 17.0 Å². The second kappa shape index (κ2) is 5.14. The fourth-order valence-electron chi connectivity index (χ4n) is 1.04.